The molecule has 2 saturated heterocycles. The molecule has 2 aliphatic rings. The Labute approximate surface area is 213 Å². The van der Waals surface area contributed by atoms with Gasteiger partial charge in [0.25, 0.3) is 0 Å². The van der Waals surface area contributed by atoms with Gasteiger partial charge in [0.1, 0.15) is 11.6 Å². The van der Waals surface area contributed by atoms with Gasteiger partial charge in [0, 0.05) is 26.2 Å². The maximum Gasteiger partial charge on any atom is 0.407 e. The molecule has 1 aromatic rings. The van der Waals surface area contributed by atoms with E-state index in [9.17, 15) is 22.8 Å². The quantitative estimate of drug-likeness (QED) is 0.538. The van der Waals surface area contributed by atoms with Crippen molar-refractivity contribution >= 4 is 27.9 Å². The molecule has 0 radical (unpaired) electrons. The van der Waals surface area contributed by atoms with Crippen LogP contribution in [0.2, 0.25) is 0 Å². The van der Waals surface area contributed by atoms with Gasteiger partial charge in [-0.05, 0) is 52.0 Å². The van der Waals surface area contributed by atoms with Crippen LogP contribution in [0, 0.1) is 0 Å². The number of piperidine rings is 1. The summed E-state index contributed by atoms with van der Waals surface area (Å²) in [5.74, 6) is -0.998. The van der Waals surface area contributed by atoms with Gasteiger partial charge in [0.05, 0.1) is 18.2 Å². The molecule has 2 heterocycles. The van der Waals surface area contributed by atoms with E-state index in [0.717, 1.165) is 19.3 Å². The molecule has 1 aromatic carbocycles. The number of hydrogen-bond donors (Lipinski definition) is 2. The fourth-order valence-electron chi connectivity index (χ4n) is 4.45. The number of sulfonamides is 1. The van der Waals surface area contributed by atoms with Crippen molar-refractivity contribution < 1.29 is 27.5 Å². The number of carbonyl (C=O) groups excluding carboxylic acids is 3. The molecule has 36 heavy (non-hydrogen) atoms. The Morgan fingerprint density at radius 2 is 1.69 bits per heavy atom. The van der Waals surface area contributed by atoms with E-state index in [-0.39, 0.29) is 30.7 Å². The number of nitrogens with one attached hydrogen (secondary N) is 2. The van der Waals surface area contributed by atoms with Crippen molar-refractivity contribution in [3.8, 4) is 0 Å². The molecule has 0 saturated carbocycles. The minimum Gasteiger partial charge on any atom is -0.444 e. The second-order valence-corrected chi connectivity index (χ2v) is 12.2. The number of alkyl carbamates (subject to hydrolysis) is 1. The third kappa shape index (κ3) is 8.77. The highest BCUT2D eigenvalue weighted by molar-refractivity contribution is 7.88. The van der Waals surface area contributed by atoms with Crippen LogP contribution >= 0.6 is 0 Å². The molecule has 3 rings (SSSR count). The highest BCUT2D eigenvalue weighted by atomic mass is 32.2. The van der Waals surface area contributed by atoms with E-state index in [1.807, 2.05) is 0 Å². The van der Waals surface area contributed by atoms with E-state index in [4.69, 9.17) is 4.74 Å². The Hall–Kier alpha value is -2.66. The van der Waals surface area contributed by atoms with Gasteiger partial charge < -0.3 is 19.9 Å². The summed E-state index contributed by atoms with van der Waals surface area (Å²) >= 11 is 0. The van der Waals surface area contributed by atoms with Crippen LogP contribution < -0.4 is 10.0 Å². The second kappa shape index (κ2) is 12.1. The zero-order valence-electron chi connectivity index (χ0n) is 21.4. The average molecular weight is 523 g/mol. The summed E-state index contributed by atoms with van der Waals surface area (Å²) in [5.41, 5.74) is -0.0591. The summed E-state index contributed by atoms with van der Waals surface area (Å²) in [6.45, 7) is 7.08. The van der Waals surface area contributed by atoms with Crippen molar-refractivity contribution in [2.45, 2.75) is 76.3 Å². The van der Waals surface area contributed by atoms with Crippen molar-refractivity contribution in [3.63, 3.8) is 0 Å². The van der Waals surface area contributed by atoms with Gasteiger partial charge in [-0.25, -0.2) is 17.9 Å². The van der Waals surface area contributed by atoms with Crippen molar-refractivity contribution in [1.29, 1.82) is 0 Å². The van der Waals surface area contributed by atoms with Crippen LogP contribution in [0.3, 0.4) is 0 Å². The largest absolute Gasteiger partial charge is 0.444 e. The molecular formula is C25H38N4O6S. The lowest BCUT2D eigenvalue weighted by Crippen LogP contribution is -2.51. The van der Waals surface area contributed by atoms with Crippen LogP contribution in [0.1, 0.15) is 58.4 Å². The van der Waals surface area contributed by atoms with E-state index in [0.29, 0.717) is 31.6 Å². The molecule has 0 aliphatic carbocycles. The van der Waals surface area contributed by atoms with Gasteiger partial charge in [-0.2, -0.15) is 0 Å². The summed E-state index contributed by atoms with van der Waals surface area (Å²) in [6, 6.07) is 7.15. The molecule has 2 N–H and O–H groups in total. The van der Waals surface area contributed by atoms with Gasteiger partial charge >= 0.3 is 6.09 Å². The van der Waals surface area contributed by atoms with Crippen LogP contribution in [0.25, 0.3) is 0 Å². The highest BCUT2D eigenvalue weighted by Crippen LogP contribution is 2.17. The predicted molar refractivity (Wildman–Crippen MR) is 135 cm³/mol. The fourth-order valence-corrected chi connectivity index (χ4v) is 5.78. The van der Waals surface area contributed by atoms with Crippen molar-refractivity contribution in [2.75, 3.05) is 26.2 Å². The first-order valence-corrected chi connectivity index (χ1v) is 14.2. The summed E-state index contributed by atoms with van der Waals surface area (Å²) < 4.78 is 33.7. The van der Waals surface area contributed by atoms with Gasteiger partial charge in [-0.3, -0.25) is 9.59 Å². The second-order valence-electron chi connectivity index (χ2n) is 10.5. The number of carbonyl (C=O) groups is 3. The molecule has 200 valence electrons. The molecule has 0 aromatic heterocycles. The minimum atomic E-state index is -3.90. The number of likely N-dealkylation sites (tertiary alicyclic amines) is 2. The fraction of sp³-hybridized carbons (Fsp3) is 0.640. The maximum atomic E-state index is 13.4. The molecule has 2 atom stereocenters. The summed E-state index contributed by atoms with van der Waals surface area (Å²) in [6.07, 6.45) is 2.54. The van der Waals surface area contributed by atoms with Gasteiger partial charge in [-0.1, -0.05) is 30.3 Å². The first-order valence-electron chi connectivity index (χ1n) is 12.5. The van der Waals surface area contributed by atoms with Crippen LogP contribution in [0.15, 0.2) is 30.3 Å². The van der Waals surface area contributed by atoms with Crippen LogP contribution in [-0.2, 0) is 30.1 Å². The third-order valence-corrected chi connectivity index (χ3v) is 7.48. The summed E-state index contributed by atoms with van der Waals surface area (Å²) in [4.78, 5) is 41.7. The van der Waals surface area contributed by atoms with Gasteiger partial charge in [0.15, 0.2) is 0 Å². The molecule has 2 fully saturated rings. The molecule has 0 bridgehead atoms. The Kier molecular flexibility index (Phi) is 9.35. The summed E-state index contributed by atoms with van der Waals surface area (Å²) in [7, 11) is -3.90. The molecule has 2 aliphatic heterocycles. The molecule has 0 spiro atoms. The van der Waals surface area contributed by atoms with Gasteiger partial charge in [0.2, 0.25) is 21.8 Å². The Morgan fingerprint density at radius 3 is 2.33 bits per heavy atom. The van der Waals surface area contributed by atoms with E-state index < -0.39 is 33.7 Å². The number of nitrogens with zero attached hydrogens (tertiary/aromatic N) is 2. The summed E-state index contributed by atoms with van der Waals surface area (Å²) in [5, 5.41) is 2.76. The molecular weight excluding hydrogens is 484 g/mol. The van der Waals surface area contributed by atoms with Crippen LogP contribution in [0.4, 0.5) is 4.79 Å². The van der Waals surface area contributed by atoms with E-state index in [1.54, 1.807) is 56.0 Å². The van der Waals surface area contributed by atoms with E-state index in [2.05, 4.69) is 10.0 Å². The number of rotatable bonds is 8. The zero-order valence-corrected chi connectivity index (χ0v) is 22.2. The Balaban J connectivity index is 1.68. The first-order chi connectivity index (χ1) is 16.9. The Bertz CT molecular complexity index is 1020. The lowest BCUT2D eigenvalue weighted by Gasteiger charge is -2.29. The lowest BCUT2D eigenvalue weighted by atomic mass is 10.1. The number of benzene rings is 1. The van der Waals surface area contributed by atoms with Gasteiger partial charge in [-0.15, -0.1) is 0 Å². The van der Waals surface area contributed by atoms with E-state index >= 15 is 0 Å². The van der Waals surface area contributed by atoms with Crippen LogP contribution in [0.5, 0.6) is 0 Å². The SMILES string of the molecule is CC(C)(C)OC(=O)N[C@@H]1CCN(C(=O)[C@@H](CC(=O)N2CCCCC2)NS(=O)(=O)Cc2ccccc2)C1. The van der Waals surface area contributed by atoms with Crippen molar-refractivity contribution in [1.82, 2.24) is 19.8 Å². The molecule has 3 amide bonds. The third-order valence-electron chi connectivity index (χ3n) is 6.13. The topological polar surface area (TPSA) is 125 Å². The zero-order chi connectivity index (χ0) is 26.3. The molecule has 0 unspecified atom stereocenters. The normalized spacial score (nSPS) is 19.6. The minimum absolute atomic E-state index is 0.215. The predicted octanol–water partition coefficient (Wildman–Crippen LogP) is 2.00. The number of ether oxygens (including phenoxy) is 1. The molecule has 10 nitrogen and oxygen atoms in total. The average Bonchev–Trinajstić information content (AvgIpc) is 3.25. The number of hydrogen-bond acceptors (Lipinski definition) is 6. The van der Waals surface area contributed by atoms with Crippen molar-refractivity contribution in [2.24, 2.45) is 0 Å². The maximum absolute atomic E-state index is 13.4. The lowest BCUT2D eigenvalue weighted by molar-refractivity contribution is -0.138. The number of amides is 3. The Morgan fingerprint density at radius 1 is 1.03 bits per heavy atom. The first kappa shape index (κ1) is 27.9. The van der Waals surface area contributed by atoms with Crippen molar-refractivity contribution in [3.05, 3.63) is 35.9 Å². The van der Waals surface area contributed by atoms with Crippen LogP contribution in [-0.4, -0.2) is 80.0 Å². The highest BCUT2D eigenvalue weighted by Gasteiger charge is 2.36. The monoisotopic (exact) mass is 522 g/mol. The molecule has 11 heteroatoms. The standard InChI is InChI=1S/C25H38N4O6S/c1-25(2,3)35-24(32)26-20-12-15-29(17-20)23(31)21(16-22(30)28-13-8-5-9-14-28)27-36(33,34)18-19-10-6-4-7-11-19/h4,6-7,10-11,20-21,27H,5,8-9,12-18H2,1-3H3,(H,26,32)/t20-,21-/m1/s1. The smallest absolute Gasteiger partial charge is 0.407 e. The van der Waals surface area contributed by atoms with E-state index in [1.165, 1.54) is 4.90 Å².